The predicted molar refractivity (Wildman–Crippen MR) is 153 cm³/mol. The molecule has 0 bridgehead atoms. The van der Waals surface area contributed by atoms with Crippen molar-refractivity contribution in [1.29, 1.82) is 0 Å². The molecule has 0 saturated heterocycles. The van der Waals surface area contributed by atoms with Crippen molar-refractivity contribution in [3.8, 4) is 0 Å². The van der Waals surface area contributed by atoms with Gasteiger partial charge in [0.25, 0.3) is 0 Å². The van der Waals surface area contributed by atoms with E-state index in [0.29, 0.717) is 0 Å². The smallest absolute Gasteiger partial charge is 0.0540 e. The van der Waals surface area contributed by atoms with Gasteiger partial charge >= 0.3 is 0 Å². The molecular formula is C32H64O4Rf. The average molecular weight is 780 g/mol. The molecule has 0 aromatic rings. The zero-order chi connectivity index (χ0) is 26.1. The number of aliphatic hydroxyl groups is 4. The molecule has 4 aliphatic carbocycles. The molecule has 4 N–H and O–H groups in total. The van der Waals surface area contributed by atoms with Crippen LogP contribution in [0.25, 0.3) is 0 Å². The molecule has 0 spiro atoms. The van der Waals surface area contributed by atoms with Gasteiger partial charge in [-0.05, 0) is 51.4 Å². The molecule has 0 aliphatic heterocycles. The quantitative estimate of drug-likeness (QED) is 0.199. The number of hydrogen-bond acceptors (Lipinski definition) is 4. The SMILES string of the molecule is OC1CCCCCCC1.OC1CCCCCCC1.OC1CCCCCCC1.OC1CCCCCCC1.[Rf]. The van der Waals surface area contributed by atoms with Gasteiger partial charge in [-0.15, -0.1) is 0 Å². The molecule has 0 unspecified atom stereocenters. The Morgan fingerprint density at radius 1 is 0.216 bits per heavy atom. The Kier molecular flexibility index (Phi) is 25.6. The van der Waals surface area contributed by atoms with E-state index in [1.807, 2.05) is 0 Å². The van der Waals surface area contributed by atoms with Crippen molar-refractivity contribution < 1.29 is 20.4 Å². The van der Waals surface area contributed by atoms with Gasteiger partial charge in [-0.2, -0.15) is 0 Å². The van der Waals surface area contributed by atoms with Gasteiger partial charge in [0, 0.05) is 0 Å². The number of hydrogen-bond donors (Lipinski definition) is 4. The molecule has 5 heteroatoms. The molecule has 0 aromatic heterocycles. The fourth-order valence-electron chi connectivity index (χ4n) is 5.74. The van der Waals surface area contributed by atoms with Crippen molar-refractivity contribution in [2.45, 2.75) is 204 Å². The van der Waals surface area contributed by atoms with E-state index in [2.05, 4.69) is 0 Å². The predicted octanol–water partition coefficient (Wildman–Crippen LogP) is 8.37. The van der Waals surface area contributed by atoms with E-state index < -0.39 is 0 Å². The molecular weight excluding hydrogens is 715 g/mol. The van der Waals surface area contributed by atoms with Crippen LogP contribution in [0.5, 0.6) is 0 Å². The normalized spacial score (nSPS) is 24.3. The molecule has 218 valence electrons. The molecule has 0 aromatic carbocycles. The molecule has 4 aliphatic rings. The summed E-state index contributed by atoms with van der Waals surface area (Å²) >= 11 is 0. The number of aliphatic hydroxyl groups excluding tert-OH is 4. The second-order valence-corrected chi connectivity index (χ2v) is 12.0. The zero-order valence-corrected chi connectivity index (χ0v) is 31.0. The fourth-order valence-corrected chi connectivity index (χ4v) is 5.74. The van der Waals surface area contributed by atoms with Crippen LogP contribution in [0.1, 0.15) is 180 Å². The van der Waals surface area contributed by atoms with Crippen molar-refractivity contribution in [2.24, 2.45) is 0 Å². The van der Waals surface area contributed by atoms with E-state index in [-0.39, 0.29) is 24.4 Å². The maximum absolute atomic E-state index is 9.21. The van der Waals surface area contributed by atoms with E-state index in [9.17, 15) is 20.4 Å². The minimum atomic E-state index is 0. The van der Waals surface area contributed by atoms with Crippen molar-refractivity contribution in [1.82, 2.24) is 0 Å². The minimum absolute atomic E-state index is 0. The van der Waals surface area contributed by atoms with Gasteiger partial charge in [0.15, 0.2) is 0 Å². The topological polar surface area (TPSA) is 80.9 Å². The third-order valence-corrected chi connectivity index (χ3v) is 8.30. The molecule has 4 nitrogen and oxygen atoms in total. The third kappa shape index (κ3) is 24.9. The van der Waals surface area contributed by atoms with Gasteiger partial charge in [0.05, 0.1) is 24.4 Å². The van der Waals surface area contributed by atoms with Crippen LogP contribution in [0.3, 0.4) is 0 Å². The van der Waals surface area contributed by atoms with Gasteiger partial charge < -0.3 is 20.4 Å². The molecule has 4 rings (SSSR count). The van der Waals surface area contributed by atoms with E-state index >= 15 is 0 Å². The Hall–Kier alpha value is -1.16. The summed E-state index contributed by atoms with van der Waals surface area (Å²) in [5, 5.41) is 36.9. The van der Waals surface area contributed by atoms with E-state index in [1.54, 1.807) is 0 Å². The van der Waals surface area contributed by atoms with Crippen molar-refractivity contribution >= 4 is 0 Å². The molecule has 0 amide bonds. The molecule has 37 heavy (non-hydrogen) atoms. The largest absolute Gasteiger partial charge is 0.393 e. The summed E-state index contributed by atoms with van der Waals surface area (Å²) in [5.74, 6) is 0. The second-order valence-electron chi connectivity index (χ2n) is 12.0. The van der Waals surface area contributed by atoms with Crippen LogP contribution < -0.4 is 0 Å². The first kappa shape index (κ1) is 35.8. The standard InChI is InChI=1S/4C8H16O.Rf/c4*9-8-6-4-2-1-3-5-7-8;/h4*8-9H,1-7H2;. The van der Waals surface area contributed by atoms with Crippen LogP contribution in [0.15, 0.2) is 0 Å². The molecule has 4 saturated carbocycles. The molecule has 0 atom stereocenters. The van der Waals surface area contributed by atoms with Crippen molar-refractivity contribution in [3.63, 3.8) is 0 Å². The van der Waals surface area contributed by atoms with Gasteiger partial charge in [0.1, 0.15) is 0 Å². The molecule has 0 radical (unpaired) electrons. The average Bonchev–Trinajstić information content (AvgIpc) is 2.80. The summed E-state index contributed by atoms with van der Waals surface area (Å²) in [4.78, 5) is 0. The summed E-state index contributed by atoms with van der Waals surface area (Å²) < 4.78 is 0. The van der Waals surface area contributed by atoms with E-state index in [4.69, 9.17) is 0 Å². The Bertz CT molecular complexity index is 339. The van der Waals surface area contributed by atoms with Crippen LogP contribution >= 0.6 is 0 Å². The molecule has 0 heterocycles. The summed E-state index contributed by atoms with van der Waals surface area (Å²) in [7, 11) is 0. The van der Waals surface area contributed by atoms with Crippen LogP contribution in [0.2, 0.25) is 0 Å². The third-order valence-electron chi connectivity index (χ3n) is 8.30. The van der Waals surface area contributed by atoms with Crippen LogP contribution in [0, 0.1) is 0 Å². The maximum Gasteiger partial charge on any atom is 0.0540 e. The second kappa shape index (κ2) is 26.4. The Morgan fingerprint density at radius 2 is 0.324 bits per heavy atom. The van der Waals surface area contributed by atoms with Crippen LogP contribution in [0.4, 0.5) is 0 Å². The van der Waals surface area contributed by atoms with Gasteiger partial charge in [-0.25, -0.2) is 0 Å². The Morgan fingerprint density at radius 3 is 0.459 bits per heavy atom. The Labute approximate surface area is 224 Å². The van der Waals surface area contributed by atoms with Gasteiger partial charge in [0.2, 0.25) is 0 Å². The van der Waals surface area contributed by atoms with E-state index in [1.165, 1.54) is 128 Å². The first-order chi connectivity index (χ1) is 17.6. The van der Waals surface area contributed by atoms with Crippen LogP contribution in [-0.4, -0.2) is 44.8 Å². The zero-order valence-electron chi connectivity index (χ0n) is 24.6. The summed E-state index contributed by atoms with van der Waals surface area (Å²) in [6.07, 6.45) is 34.5. The van der Waals surface area contributed by atoms with E-state index in [0.717, 1.165) is 51.4 Å². The summed E-state index contributed by atoms with van der Waals surface area (Å²) in [5.41, 5.74) is 0. The maximum atomic E-state index is 9.21. The number of rotatable bonds is 0. The first-order valence-corrected chi connectivity index (χ1v) is 16.3. The minimum Gasteiger partial charge on any atom is -0.393 e. The van der Waals surface area contributed by atoms with Crippen LogP contribution in [-0.2, 0) is 0 Å². The van der Waals surface area contributed by atoms with Crippen molar-refractivity contribution in [2.75, 3.05) is 0 Å². The summed E-state index contributed by atoms with van der Waals surface area (Å²) in [6, 6.07) is 0. The molecule has 4 fully saturated rings. The monoisotopic (exact) mass is 780 g/mol. The van der Waals surface area contributed by atoms with Gasteiger partial charge in [-0.1, -0.05) is 128 Å². The van der Waals surface area contributed by atoms with Crippen molar-refractivity contribution in [3.05, 3.63) is 0 Å². The first-order valence-electron chi connectivity index (χ1n) is 16.3. The summed E-state index contributed by atoms with van der Waals surface area (Å²) in [6.45, 7) is 0. The fraction of sp³-hybridized carbons (Fsp3) is 1.00. The van der Waals surface area contributed by atoms with Gasteiger partial charge in [-0.3, -0.25) is 0 Å². The Balaban J connectivity index is 0.000000463.